The van der Waals surface area contributed by atoms with E-state index in [9.17, 15) is 9.90 Å². The van der Waals surface area contributed by atoms with E-state index in [1.165, 1.54) is 0 Å². The first kappa shape index (κ1) is 13.9. The Labute approximate surface area is 114 Å². The van der Waals surface area contributed by atoms with Gasteiger partial charge in [-0.1, -0.05) is 6.92 Å². The molecule has 1 saturated heterocycles. The highest BCUT2D eigenvalue weighted by Gasteiger charge is 2.23. The number of aromatic hydroxyl groups is 1. The number of rotatable bonds is 3. The van der Waals surface area contributed by atoms with Gasteiger partial charge in [0.25, 0.3) is 5.91 Å². The maximum absolute atomic E-state index is 12.4. The zero-order chi connectivity index (χ0) is 13.8. The molecule has 0 atom stereocenters. The standard InChI is InChI=1S/C15H22N2O2/c1-3-16-12-6-8-17(9-7-12)15(19)14-5-4-13(18)10-11(14)2/h4-5,10,12,16,18H,3,6-9H2,1-2H3. The summed E-state index contributed by atoms with van der Waals surface area (Å²) in [4.78, 5) is 14.3. The molecule has 19 heavy (non-hydrogen) atoms. The second-order valence-corrected chi connectivity index (χ2v) is 5.12. The Bertz CT molecular complexity index is 451. The Kier molecular flexibility index (Phi) is 4.43. The SMILES string of the molecule is CCNC1CCN(C(=O)c2ccc(O)cc2C)CC1. The van der Waals surface area contributed by atoms with Crippen LogP contribution in [0.3, 0.4) is 0 Å². The number of carbonyl (C=O) groups excluding carboxylic acids is 1. The van der Waals surface area contributed by atoms with Crippen molar-refractivity contribution in [2.45, 2.75) is 32.7 Å². The number of phenolic OH excluding ortho intramolecular Hbond substituents is 1. The van der Waals surface area contributed by atoms with Crippen molar-refractivity contribution in [3.8, 4) is 5.75 Å². The van der Waals surface area contributed by atoms with Crippen LogP contribution in [0.5, 0.6) is 5.75 Å². The Hall–Kier alpha value is -1.55. The molecule has 1 heterocycles. The zero-order valence-electron chi connectivity index (χ0n) is 11.6. The lowest BCUT2D eigenvalue weighted by atomic mass is 10.0. The number of hydrogen-bond acceptors (Lipinski definition) is 3. The van der Waals surface area contributed by atoms with E-state index < -0.39 is 0 Å². The molecule has 0 aliphatic carbocycles. The number of hydrogen-bond donors (Lipinski definition) is 2. The minimum Gasteiger partial charge on any atom is -0.508 e. The highest BCUT2D eigenvalue weighted by molar-refractivity contribution is 5.95. The fraction of sp³-hybridized carbons (Fsp3) is 0.533. The largest absolute Gasteiger partial charge is 0.508 e. The van der Waals surface area contributed by atoms with Gasteiger partial charge in [-0.2, -0.15) is 0 Å². The van der Waals surface area contributed by atoms with Gasteiger partial charge in [-0.15, -0.1) is 0 Å². The summed E-state index contributed by atoms with van der Waals surface area (Å²) < 4.78 is 0. The number of benzene rings is 1. The fourth-order valence-electron chi connectivity index (χ4n) is 2.63. The maximum atomic E-state index is 12.4. The smallest absolute Gasteiger partial charge is 0.254 e. The van der Waals surface area contributed by atoms with Crippen molar-refractivity contribution in [1.82, 2.24) is 10.2 Å². The third-order valence-corrected chi connectivity index (χ3v) is 3.72. The second kappa shape index (κ2) is 6.06. The summed E-state index contributed by atoms with van der Waals surface area (Å²) in [6.45, 7) is 6.55. The number of aryl methyl sites for hydroxylation is 1. The highest BCUT2D eigenvalue weighted by atomic mass is 16.3. The van der Waals surface area contributed by atoms with E-state index in [2.05, 4.69) is 12.2 Å². The van der Waals surface area contributed by atoms with Gasteiger partial charge in [0, 0.05) is 24.7 Å². The number of phenols is 1. The van der Waals surface area contributed by atoms with Crippen LogP contribution in [-0.4, -0.2) is 41.6 Å². The fourth-order valence-corrected chi connectivity index (χ4v) is 2.63. The molecule has 2 N–H and O–H groups in total. The molecule has 1 aliphatic rings. The molecule has 0 spiro atoms. The summed E-state index contributed by atoms with van der Waals surface area (Å²) in [7, 11) is 0. The first-order valence-corrected chi connectivity index (χ1v) is 6.94. The van der Waals surface area contributed by atoms with Gasteiger partial charge in [0.2, 0.25) is 0 Å². The van der Waals surface area contributed by atoms with Gasteiger partial charge in [-0.3, -0.25) is 4.79 Å². The maximum Gasteiger partial charge on any atom is 0.254 e. The van der Waals surface area contributed by atoms with E-state index in [4.69, 9.17) is 0 Å². The quantitative estimate of drug-likeness (QED) is 0.875. The third-order valence-electron chi connectivity index (χ3n) is 3.72. The Morgan fingerprint density at radius 3 is 2.68 bits per heavy atom. The molecule has 104 valence electrons. The van der Waals surface area contributed by atoms with Crippen LogP contribution in [0, 0.1) is 6.92 Å². The van der Waals surface area contributed by atoms with Crippen molar-refractivity contribution in [1.29, 1.82) is 0 Å². The molecule has 2 rings (SSSR count). The lowest BCUT2D eigenvalue weighted by molar-refractivity contribution is 0.0705. The Morgan fingerprint density at radius 1 is 1.42 bits per heavy atom. The van der Waals surface area contributed by atoms with Crippen LogP contribution in [0.2, 0.25) is 0 Å². The normalized spacial score (nSPS) is 16.6. The third kappa shape index (κ3) is 3.26. The molecular weight excluding hydrogens is 240 g/mol. The molecule has 0 bridgehead atoms. The molecule has 0 unspecified atom stereocenters. The van der Waals surface area contributed by atoms with Crippen LogP contribution in [0.15, 0.2) is 18.2 Å². The highest BCUT2D eigenvalue weighted by Crippen LogP contribution is 2.19. The molecule has 1 fully saturated rings. The molecule has 4 nitrogen and oxygen atoms in total. The van der Waals surface area contributed by atoms with Gasteiger partial charge in [0.15, 0.2) is 0 Å². The number of nitrogens with one attached hydrogen (secondary N) is 1. The summed E-state index contributed by atoms with van der Waals surface area (Å²) in [6.07, 6.45) is 2.02. The van der Waals surface area contributed by atoms with Gasteiger partial charge in [0.1, 0.15) is 5.75 Å². The predicted octanol–water partition coefficient (Wildman–Crippen LogP) is 1.91. The number of likely N-dealkylation sites (tertiary alicyclic amines) is 1. The lowest BCUT2D eigenvalue weighted by Crippen LogP contribution is -2.45. The predicted molar refractivity (Wildman–Crippen MR) is 75.4 cm³/mol. The minimum absolute atomic E-state index is 0.0763. The monoisotopic (exact) mass is 262 g/mol. The zero-order valence-corrected chi connectivity index (χ0v) is 11.6. The molecule has 0 aromatic heterocycles. The van der Waals surface area contributed by atoms with Crippen LogP contribution in [-0.2, 0) is 0 Å². The van der Waals surface area contributed by atoms with Gasteiger partial charge in [-0.05, 0) is 50.1 Å². The van der Waals surface area contributed by atoms with Crippen molar-refractivity contribution in [3.63, 3.8) is 0 Å². The summed E-state index contributed by atoms with van der Waals surface area (Å²) >= 11 is 0. The lowest BCUT2D eigenvalue weighted by Gasteiger charge is -2.32. The minimum atomic E-state index is 0.0763. The van der Waals surface area contributed by atoms with Gasteiger partial charge < -0.3 is 15.3 Å². The van der Waals surface area contributed by atoms with Gasteiger partial charge >= 0.3 is 0 Å². The van der Waals surface area contributed by atoms with Crippen LogP contribution in [0.1, 0.15) is 35.7 Å². The van der Waals surface area contributed by atoms with Gasteiger partial charge in [-0.25, -0.2) is 0 Å². The molecule has 0 saturated carbocycles. The van der Waals surface area contributed by atoms with Crippen molar-refractivity contribution in [2.75, 3.05) is 19.6 Å². The summed E-state index contributed by atoms with van der Waals surface area (Å²) in [5.41, 5.74) is 1.53. The van der Waals surface area contributed by atoms with E-state index in [0.717, 1.165) is 38.0 Å². The number of piperidine rings is 1. The molecule has 4 heteroatoms. The van der Waals surface area contributed by atoms with Crippen molar-refractivity contribution >= 4 is 5.91 Å². The molecule has 1 aliphatic heterocycles. The molecule has 0 radical (unpaired) electrons. The number of amides is 1. The average molecular weight is 262 g/mol. The first-order valence-electron chi connectivity index (χ1n) is 6.94. The Balaban J connectivity index is 2.01. The molecular formula is C15H22N2O2. The average Bonchev–Trinajstić information content (AvgIpc) is 2.39. The van der Waals surface area contributed by atoms with Crippen molar-refractivity contribution < 1.29 is 9.90 Å². The van der Waals surface area contributed by atoms with E-state index in [1.54, 1.807) is 18.2 Å². The van der Waals surface area contributed by atoms with E-state index in [-0.39, 0.29) is 11.7 Å². The molecule has 1 amide bonds. The summed E-state index contributed by atoms with van der Waals surface area (Å²) in [5.74, 6) is 0.285. The van der Waals surface area contributed by atoms with Crippen LogP contribution >= 0.6 is 0 Å². The van der Waals surface area contributed by atoms with E-state index >= 15 is 0 Å². The van der Waals surface area contributed by atoms with Crippen LogP contribution < -0.4 is 5.32 Å². The topological polar surface area (TPSA) is 52.6 Å². The second-order valence-electron chi connectivity index (χ2n) is 5.12. The van der Waals surface area contributed by atoms with Crippen LogP contribution in [0.25, 0.3) is 0 Å². The van der Waals surface area contributed by atoms with Crippen molar-refractivity contribution in [2.24, 2.45) is 0 Å². The van der Waals surface area contributed by atoms with E-state index in [1.807, 2.05) is 11.8 Å². The molecule has 1 aromatic rings. The summed E-state index contributed by atoms with van der Waals surface area (Å²) in [5, 5.41) is 12.8. The van der Waals surface area contributed by atoms with Crippen molar-refractivity contribution in [3.05, 3.63) is 29.3 Å². The Morgan fingerprint density at radius 2 is 2.11 bits per heavy atom. The summed E-state index contributed by atoms with van der Waals surface area (Å²) in [6, 6.07) is 5.46. The number of carbonyl (C=O) groups is 1. The molecule has 1 aromatic carbocycles. The van der Waals surface area contributed by atoms with Crippen LogP contribution in [0.4, 0.5) is 0 Å². The van der Waals surface area contributed by atoms with E-state index in [0.29, 0.717) is 11.6 Å². The number of nitrogens with zero attached hydrogens (tertiary/aromatic N) is 1. The first-order chi connectivity index (χ1) is 9.11. The van der Waals surface area contributed by atoms with Gasteiger partial charge in [0.05, 0.1) is 0 Å².